The fraction of sp³-hybridized carbons (Fsp3) is 0.133. The number of ether oxygens (including phenoxy) is 1. The van der Waals surface area contributed by atoms with Crippen molar-refractivity contribution in [2.45, 2.75) is 13.3 Å². The van der Waals surface area contributed by atoms with E-state index in [1.165, 1.54) is 18.2 Å². The molecular weight excluding hydrogens is 349 g/mol. The minimum atomic E-state index is -4.74. The van der Waals surface area contributed by atoms with Gasteiger partial charge in [-0.15, -0.1) is 13.2 Å². The van der Waals surface area contributed by atoms with Crippen molar-refractivity contribution in [3.63, 3.8) is 0 Å². The lowest BCUT2D eigenvalue weighted by Crippen LogP contribution is -2.20. The van der Waals surface area contributed by atoms with Crippen molar-refractivity contribution in [2.24, 2.45) is 0 Å². The van der Waals surface area contributed by atoms with Crippen LogP contribution in [0.25, 0.3) is 0 Å². The van der Waals surface area contributed by atoms with E-state index >= 15 is 0 Å². The number of aryl methyl sites for hydroxylation is 1. The number of halogens is 4. The lowest BCUT2D eigenvalue weighted by Gasteiger charge is -2.14. The van der Waals surface area contributed by atoms with Gasteiger partial charge in [0.05, 0.1) is 0 Å². The Morgan fingerprint density at radius 1 is 1.13 bits per heavy atom. The van der Waals surface area contributed by atoms with E-state index in [2.05, 4.69) is 15.4 Å². The van der Waals surface area contributed by atoms with Crippen LogP contribution in [0.1, 0.15) is 5.56 Å². The highest BCUT2D eigenvalue weighted by molar-refractivity contribution is 7.80. The van der Waals surface area contributed by atoms with Gasteiger partial charge in [0.2, 0.25) is 0 Å². The monoisotopic (exact) mass is 360 g/mol. The summed E-state index contributed by atoms with van der Waals surface area (Å²) in [6, 6.07) is 10.6. The van der Waals surface area contributed by atoms with Gasteiger partial charge in [-0.2, -0.15) is 0 Å². The molecule has 0 spiro atoms. The van der Waals surface area contributed by atoms with E-state index in [9.17, 15) is 13.2 Å². The van der Waals surface area contributed by atoms with Gasteiger partial charge in [-0.1, -0.05) is 17.7 Å². The summed E-state index contributed by atoms with van der Waals surface area (Å²) in [6.07, 6.45) is -4.74. The molecule has 2 aromatic rings. The van der Waals surface area contributed by atoms with E-state index in [4.69, 9.17) is 23.8 Å². The molecule has 2 aromatic carbocycles. The maximum atomic E-state index is 12.2. The third-order valence-corrected chi connectivity index (χ3v) is 3.20. The molecule has 0 atom stereocenters. The molecule has 8 heteroatoms. The molecule has 0 unspecified atom stereocenters. The van der Waals surface area contributed by atoms with Crippen LogP contribution in [0, 0.1) is 6.92 Å². The summed E-state index contributed by atoms with van der Waals surface area (Å²) >= 11 is 11.0. The molecule has 0 saturated heterocycles. The third kappa shape index (κ3) is 5.61. The van der Waals surface area contributed by atoms with Crippen LogP contribution >= 0.6 is 23.8 Å². The number of nitrogens with one attached hydrogen (secondary N) is 2. The molecule has 3 nitrogen and oxygen atoms in total. The number of hydrogen-bond donors (Lipinski definition) is 2. The Morgan fingerprint density at radius 2 is 1.87 bits per heavy atom. The van der Waals surface area contributed by atoms with Crippen LogP contribution in [0.15, 0.2) is 42.5 Å². The molecule has 0 saturated carbocycles. The van der Waals surface area contributed by atoms with Crippen molar-refractivity contribution in [2.75, 3.05) is 10.6 Å². The van der Waals surface area contributed by atoms with Crippen LogP contribution in [-0.2, 0) is 0 Å². The SMILES string of the molecule is Cc1cc(Cl)ccc1NC(=S)Nc1cccc(OC(F)(F)F)c1. The van der Waals surface area contributed by atoms with Crippen LogP contribution in [0.2, 0.25) is 5.02 Å². The van der Waals surface area contributed by atoms with Gasteiger partial charge in [-0.25, -0.2) is 0 Å². The molecule has 0 aliphatic rings. The Labute approximate surface area is 141 Å². The first-order chi connectivity index (χ1) is 10.7. The molecule has 0 aliphatic carbocycles. The van der Waals surface area contributed by atoms with E-state index in [0.29, 0.717) is 10.7 Å². The molecule has 0 aliphatic heterocycles. The maximum absolute atomic E-state index is 12.2. The second kappa shape index (κ2) is 7.06. The van der Waals surface area contributed by atoms with E-state index in [1.54, 1.807) is 24.3 Å². The molecule has 0 fully saturated rings. The average Bonchev–Trinajstić information content (AvgIpc) is 2.40. The lowest BCUT2D eigenvalue weighted by atomic mass is 10.2. The number of thiocarbonyl (C=S) groups is 1. The first-order valence-electron chi connectivity index (χ1n) is 6.43. The molecule has 0 radical (unpaired) electrons. The second-order valence-corrected chi connectivity index (χ2v) is 5.46. The summed E-state index contributed by atoms with van der Waals surface area (Å²) in [7, 11) is 0. The Hall–Kier alpha value is -1.99. The largest absolute Gasteiger partial charge is 0.573 e. The maximum Gasteiger partial charge on any atom is 0.573 e. The van der Waals surface area contributed by atoms with Gasteiger partial charge in [0.15, 0.2) is 5.11 Å². The first-order valence-corrected chi connectivity index (χ1v) is 7.21. The van der Waals surface area contributed by atoms with Crippen molar-refractivity contribution < 1.29 is 17.9 Å². The van der Waals surface area contributed by atoms with E-state index in [1.807, 2.05) is 6.92 Å². The minimum absolute atomic E-state index is 0.236. The van der Waals surface area contributed by atoms with Crippen LogP contribution in [0.5, 0.6) is 5.75 Å². The molecule has 0 amide bonds. The van der Waals surface area contributed by atoms with Gasteiger partial charge >= 0.3 is 6.36 Å². The van der Waals surface area contributed by atoms with Crippen molar-refractivity contribution in [3.05, 3.63) is 53.1 Å². The van der Waals surface area contributed by atoms with Gasteiger partial charge < -0.3 is 15.4 Å². The van der Waals surface area contributed by atoms with Crippen molar-refractivity contribution in [3.8, 4) is 5.75 Å². The highest BCUT2D eigenvalue weighted by atomic mass is 35.5. The average molecular weight is 361 g/mol. The predicted molar refractivity (Wildman–Crippen MR) is 89.2 cm³/mol. The Kier molecular flexibility index (Phi) is 5.33. The van der Waals surface area contributed by atoms with Gasteiger partial charge in [0.1, 0.15) is 5.75 Å². The van der Waals surface area contributed by atoms with E-state index in [-0.39, 0.29) is 10.9 Å². The number of hydrogen-bond acceptors (Lipinski definition) is 2. The molecule has 122 valence electrons. The van der Waals surface area contributed by atoms with Gasteiger partial charge in [0, 0.05) is 22.5 Å². The Balaban J connectivity index is 2.04. The molecule has 0 heterocycles. The fourth-order valence-electron chi connectivity index (χ4n) is 1.82. The molecule has 2 rings (SSSR count). The minimum Gasteiger partial charge on any atom is -0.406 e. The summed E-state index contributed by atoms with van der Waals surface area (Å²) in [5.41, 5.74) is 2.00. The highest BCUT2D eigenvalue weighted by Gasteiger charge is 2.31. The normalized spacial score (nSPS) is 11.0. The standard InChI is InChI=1S/C15H12ClF3N2OS/c1-9-7-10(16)5-6-13(9)21-14(23)20-11-3-2-4-12(8-11)22-15(17,18)19/h2-8H,1H3,(H2,20,21,23). The number of alkyl halides is 3. The first kappa shape index (κ1) is 17.4. The summed E-state index contributed by atoms with van der Waals surface area (Å²) in [5.74, 6) is -0.326. The smallest absolute Gasteiger partial charge is 0.406 e. The van der Waals surface area contributed by atoms with Gasteiger partial charge in [0.25, 0.3) is 0 Å². The van der Waals surface area contributed by atoms with Crippen LogP contribution in [-0.4, -0.2) is 11.5 Å². The second-order valence-electron chi connectivity index (χ2n) is 4.61. The molecule has 23 heavy (non-hydrogen) atoms. The molecule has 0 bridgehead atoms. The van der Waals surface area contributed by atoms with Crippen molar-refractivity contribution >= 4 is 40.3 Å². The van der Waals surface area contributed by atoms with Gasteiger partial charge in [-0.3, -0.25) is 0 Å². The fourth-order valence-corrected chi connectivity index (χ4v) is 2.28. The van der Waals surface area contributed by atoms with Gasteiger partial charge in [-0.05, 0) is 55.0 Å². The van der Waals surface area contributed by atoms with Crippen molar-refractivity contribution in [1.82, 2.24) is 0 Å². The Bertz CT molecular complexity index is 722. The number of benzene rings is 2. The Morgan fingerprint density at radius 3 is 2.52 bits per heavy atom. The summed E-state index contributed by atoms with van der Waals surface area (Å²) in [4.78, 5) is 0. The molecular formula is C15H12ClF3N2OS. The zero-order valence-corrected chi connectivity index (χ0v) is 13.4. The van der Waals surface area contributed by atoms with Crippen LogP contribution in [0.4, 0.5) is 24.5 Å². The highest BCUT2D eigenvalue weighted by Crippen LogP contribution is 2.25. The number of anilines is 2. The molecule has 2 N–H and O–H groups in total. The molecule has 0 aromatic heterocycles. The predicted octanol–water partition coefficient (Wildman–Crippen LogP) is 5.36. The van der Waals surface area contributed by atoms with E-state index in [0.717, 1.165) is 11.3 Å². The summed E-state index contributed by atoms with van der Waals surface area (Å²) < 4.78 is 40.5. The summed E-state index contributed by atoms with van der Waals surface area (Å²) in [6.45, 7) is 1.86. The third-order valence-electron chi connectivity index (χ3n) is 2.76. The topological polar surface area (TPSA) is 33.3 Å². The zero-order chi connectivity index (χ0) is 17.0. The number of rotatable bonds is 3. The van der Waals surface area contributed by atoms with Crippen molar-refractivity contribution in [1.29, 1.82) is 0 Å². The summed E-state index contributed by atoms with van der Waals surface area (Å²) in [5, 5.41) is 6.59. The lowest BCUT2D eigenvalue weighted by molar-refractivity contribution is -0.274. The van der Waals surface area contributed by atoms with Crippen LogP contribution < -0.4 is 15.4 Å². The van der Waals surface area contributed by atoms with E-state index < -0.39 is 6.36 Å². The zero-order valence-electron chi connectivity index (χ0n) is 11.9. The quantitative estimate of drug-likeness (QED) is 0.722. The van der Waals surface area contributed by atoms with Crippen LogP contribution in [0.3, 0.4) is 0 Å².